The number of hydrogen-bond donors (Lipinski definition) is 0. The Kier molecular flexibility index (Phi) is 1.40. The molecule has 0 amide bonds. The van der Waals surface area contributed by atoms with Gasteiger partial charge < -0.3 is 0 Å². The van der Waals surface area contributed by atoms with Crippen LogP contribution in [0.1, 0.15) is 0 Å². The lowest BCUT2D eigenvalue weighted by atomic mass is 10.4. The molecule has 2 aromatic heterocycles. The van der Waals surface area contributed by atoms with Gasteiger partial charge in [-0.3, -0.25) is 9.78 Å². The third-order valence-electron chi connectivity index (χ3n) is 1.33. The van der Waals surface area contributed by atoms with Crippen molar-refractivity contribution in [3.63, 3.8) is 0 Å². The van der Waals surface area contributed by atoms with Crippen molar-refractivity contribution in [1.82, 2.24) is 9.36 Å². The third-order valence-corrected chi connectivity index (χ3v) is 2.06. The molecule has 0 unspecified atom stereocenters. The molecule has 3 nitrogen and oxygen atoms in total. The van der Waals surface area contributed by atoms with E-state index in [-0.39, 0.29) is 5.43 Å². The van der Waals surface area contributed by atoms with Gasteiger partial charge in [0.1, 0.15) is 5.52 Å². The van der Waals surface area contributed by atoms with Crippen LogP contribution in [0.2, 0.25) is 0 Å². The first-order chi connectivity index (χ1) is 5.38. The fraction of sp³-hybridized carbons (Fsp3) is 0. The minimum Gasteiger partial charge on any atom is -0.286 e. The van der Waals surface area contributed by atoms with Gasteiger partial charge in [0.2, 0.25) is 5.43 Å². The van der Waals surface area contributed by atoms with Gasteiger partial charge in [-0.15, -0.1) is 0 Å². The van der Waals surface area contributed by atoms with Crippen LogP contribution in [0.3, 0.4) is 0 Å². The molecule has 4 heteroatoms. The fourth-order valence-corrected chi connectivity index (χ4v) is 1.48. The van der Waals surface area contributed by atoms with E-state index in [0.29, 0.717) is 5.52 Å². The standard InChI is InChI=1S/C7H4N2OS/c10-5-4-9-11-6-2-1-3-8-7(5)6/h1-4H. The molecule has 0 aliphatic heterocycles. The van der Waals surface area contributed by atoms with Crippen LogP contribution in [-0.4, -0.2) is 9.36 Å². The summed E-state index contributed by atoms with van der Waals surface area (Å²) in [5.41, 5.74) is 0.395. The highest BCUT2D eigenvalue weighted by atomic mass is 32.1. The first kappa shape index (κ1) is 6.42. The van der Waals surface area contributed by atoms with Gasteiger partial charge >= 0.3 is 0 Å². The summed E-state index contributed by atoms with van der Waals surface area (Å²) in [5.74, 6) is 0. The predicted molar refractivity (Wildman–Crippen MR) is 43.7 cm³/mol. The number of rotatable bonds is 0. The second-order valence-electron chi connectivity index (χ2n) is 2.04. The van der Waals surface area contributed by atoms with Crippen molar-refractivity contribution in [1.29, 1.82) is 0 Å². The third kappa shape index (κ3) is 1.01. The highest BCUT2D eigenvalue weighted by Gasteiger charge is 1.96. The van der Waals surface area contributed by atoms with Gasteiger partial charge in [0, 0.05) is 6.20 Å². The molecule has 0 saturated heterocycles. The van der Waals surface area contributed by atoms with Gasteiger partial charge in [-0.1, -0.05) is 0 Å². The second-order valence-corrected chi connectivity index (χ2v) is 2.87. The average molecular weight is 164 g/mol. The molecule has 0 spiro atoms. The Morgan fingerprint density at radius 2 is 2.36 bits per heavy atom. The van der Waals surface area contributed by atoms with Gasteiger partial charge in [-0.25, -0.2) is 0 Å². The van der Waals surface area contributed by atoms with Crippen LogP contribution in [0.25, 0.3) is 10.2 Å². The molecule has 0 atom stereocenters. The summed E-state index contributed by atoms with van der Waals surface area (Å²) in [6, 6.07) is 3.63. The summed E-state index contributed by atoms with van der Waals surface area (Å²) in [6.07, 6.45) is 2.90. The SMILES string of the molecule is O=c1cnsc2cccnc12. The Balaban J connectivity index is 3.03. The van der Waals surface area contributed by atoms with Crippen molar-refractivity contribution in [3.8, 4) is 0 Å². The Morgan fingerprint density at radius 1 is 1.45 bits per heavy atom. The van der Waals surface area contributed by atoms with Crippen LogP contribution in [-0.2, 0) is 0 Å². The van der Waals surface area contributed by atoms with Crippen molar-refractivity contribution < 1.29 is 0 Å². The zero-order valence-corrected chi connectivity index (χ0v) is 6.34. The smallest absolute Gasteiger partial charge is 0.224 e. The lowest BCUT2D eigenvalue weighted by Gasteiger charge is -1.89. The molecular weight excluding hydrogens is 160 g/mol. The summed E-state index contributed by atoms with van der Waals surface area (Å²) < 4.78 is 4.63. The van der Waals surface area contributed by atoms with E-state index in [1.165, 1.54) is 17.7 Å². The van der Waals surface area contributed by atoms with Crippen LogP contribution >= 0.6 is 11.5 Å². The topological polar surface area (TPSA) is 42.9 Å². The van der Waals surface area contributed by atoms with Crippen molar-refractivity contribution in [2.75, 3.05) is 0 Å². The van der Waals surface area contributed by atoms with Gasteiger partial charge in [0.15, 0.2) is 0 Å². The summed E-state index contributed by atoms with van der Waals surface area (Å²) in [6.45, 7) is 0. The molecule has 2 heterocycles. The average Bonchev–Trinajstić information content (AvgIpc) is 2.06. The maximum Gasteiger partial charge on any atom is 0.224 e. The molecule has 0 aromatic carbocycles. The zero-order chi connectivity index (χ0) is 7.68. The van der Waals surface area contributed by atoms with Crippen molar-refractivity contribution in [3.05, 3.63) is 34.7 Å². The van der Waals surface area contributed by atoms with E-state index in [4.69, 9.17) is 0 Å². The maximum atomic E-state index is 11.1. The van der Waals surface area contributed by atoms with Crippen LogP contribution < -0.4 is 5.43 Å². The summed E-state index contributed by atoms with van der Waals surface area (Å²) >= 11 is 1.28. The Labute approximate surface area is 66.5 Å². The van der Waals surface area contributed by atoms with E-state index in [2.05, 4.69) is 9.36 Å². The molecule has 0 fully saturated rings. The summed E-state index contributed by atoms with van der Waals surface area (Å²) in [7, 11) is 0. The molecule has 2 aromatic rings. The quantitative estimate of drug-likeness (QED) is 0.584. The number of nitrogens with zero attached hydrogens (tertiary/aromatic N) is 2. The molecule has 0 bridgehead atoms. The zero-order valence-electron chi connectivity index (χ0n) is 5.52. The molecule has 0 aliphatic rings. The summed E-state index contributed by atoms with van der Waals surface area (Å²) in [4.78, 5) is 15.0. The van der Waals surface area contributed by atoms with Crippen molar-refractivity contribution in [2.24, 2.45) is 0 Å². The molecule has 0 N–H and O–H groups in total. The molecule has 2 rings (SSSR count). The molecule has 0 aliphatic carbocycles. The minimum absolute atomic E-state index is 0.112. The van der Waals surface area contributed by atoms with Gasteiger partial charge in [-0.05, 0) is 23.7 Å². The molecule has 0 radical (unpaired) electrons. The Hall–Kier alpha value is -1.29. The predicted octanol–water partition coefficient (Wildman–Crippen LogP) is 1.05. The van der Waals surface area contributed by atoms with Gasteiger partial charge in [-0.2, -0.15) is 4.37 Å². The van der Waals surface area contributed by atoms with Crippen molar-refractivity contribution >= 4 is 21.7 Å². The number of hydrogen-bond acceptors (Lipinski definition) is 4. The van der Waals surface area contributed by atoms with E-state index >= 15 is 0 Å². The maximum absolute atomic E-state index is 11.1. The van der Waals surface area contributed by atoms with Gasteiger partial charge in [0.05, 0.1) is 10.9 Å². The van der Waals surface area contributed by atoms with Crippen molar-refractivity contribution in [2.45, 2.75) is 0 Å². The van der Waals surface area contributed by atoms with E-state index < -0.39 is 0 Å². The first-order valence-corrected chi connectivity index (χ1v) is 3.85. The molecule has 54 valence electrons. The lowest BCUT2D eigenvalue weighted by molar-refractivity contribution is 1.37. The Bertz CT molecular complexity index is 432. The normalized spacial score (nSPS) is 10.2. The summed E-state index contributed by atoms with van der Waals surface area (Å²) in [5, 5.41) is 0. The van der Waals surface area contributed by atoms with Gasteiger partial charge in [0.25, 0.3) is 0 Å². The van der Waals surface area contributed by atoms with Crippen LogP contribution in [0.5, 0.6) is 0 Å². The van der Waals surface area contributed by atoms with Crippen LogP contribution in [0.4, 0.5) is 0 Å². The van der Waals surface area contributed by atoms with E-state index in [9.17, 15) is 4.79 Å². The van der Waals surface area contributed by atoms with Crippen LogP contribution in [0.15, 0.2) is 29.3 Å². The monoisotopic (exact) mass is 164 g/mol. The lowest BCUT2D eigenvalue weighted by Crippen LogP contribution is -2.00. The molecular formula is C7H4N2OS. The largest absolute Gasteiger partial charge is 0.286 e. The highest BCUT2D eigenvalue weighted by Crippen LogP contribution is 2.07. The van der Waals surface area contributed by atoms with E-state index in [1.54, 1.807) is 12.3 Å². The molecule has 0 saturated carbocycles. The molecule has 11 heavy (non-hydrogen) atoms. The second kappa shape index (κ2) is 2.39. The number of pyridine rings is 1. The number of aromatic nitrogens is 2. The first-order valence-electron chi connectivity index (χ1n) is 3.07. The number of fused-ring (bicyclic) bond motifs is 1. The highest BCUT2D eigenvalue weighted by molar-refractivity contribution is 7.12. The van der Waals surface area contributed by atoms with E-state index in [0.717, 1.165) is 4.70 Å². The van der Waals surface area contributed by atoms with Crippen LogP contribution in [0, 0.1) is 0 Å². The Morgan fingerprint density at radius 3 is 3.18 bits per heavy atom. The minimum atomic E-state index is -0.112. The fourth-order valence-electron chi connectivity index (χ4n) is 0.841. The van der Waals surface area contributed by atoms with E-state index in [1.807, 2.05) is 6.07 Å².